The van der Waals surface area contributed by atoms with Gasteiger partial charge in [-0.1, -0.05) is 6.58 Å². The van der Waals surface area contributed by atoms with Gasteiger partial charge in [-0.05, 0) is 0 Å². The van der Waals surface area contributed by atoms with Crippen LogP contribution in [0.3, 0.4) is 0 Å². The molecule has 0 aromatic carbocycles. The van der Waals surface area contributed by atoms with Crippen molar-refractivity contribution in [2.24, 2.45) is 0 Å². The van der Waals surface area contributed by atoms with Crippen LogP contribution in [0.2, 0.25) is 0 Å². The van der Waals surface area contributed by atoms with Crippen molar-refractivity contribution in [2.45, 2.75) is 0 Å². The Morgan fingerprint density at radius 2 is 2.17 bits per heavy atom. The molecule has 0 saturated heterocycles. The van der Waals surface area contributed by atoms with Crippen molar-refractivity contribution in [2.75, 3.05) is 0 Å². The molecule has 0 aromatic rings. The maximum Gasteiger partial charge on any atom is 0.168 e. The van der Waals surface area contributed by atoms with E-state index >= 15 is 0 Å². The Bertz CT molecular complexity index is 131. The summed E-state index contributed by atoms with van der Waals surface area (Å²) in [5, 5.41) is 0.884. The molecular weight excluding hydrogens is 100 g/mol. The summed E-state index contributed by atoms with van der Waals surface area (Å²) < 4.78 is 19.0. The predicted molar refractivity (Wildman–Crippen MR) is 24.0 cm³/mol. The zero-order valence-electron chi connectivity index (χ0n) is 3.05. The summed E-state index contributed by atoms with van der Waals surface area (Å²) in [6, 6.07) is 0. The average molecular weight is 104 g/mol. The van der Waals surface area contributed by atoms with E-state index in [9.17, 15) is 8.42 Å². The van der Waals surface area contributed by atoms with Crippen molar-refractivity contribution in [3.63, 3.8) is 0 Å². The molecule has 0 fully saturated rings. The van der Waals surface area contributed by atoms with Crippen LogP contribution in [0.5, 0.6) is 0 Å². The van der Waals surface area contributed by atoms with Crippen LogP contribution in [0.25, 0.3) is 0 Å². The molecule has 0 aromatic heterocycles. The van der Waals surface area contributed by atoms with E-state index in [1.54, 1.807) is 0 Å². The second-order valence-electron chi connectivity index (χ2n) is 0.619. The minimum Gasteiger partial charge on any atom is -0.227 e. The molecule has 0 aliphatic rings. The molecule has 0 N–H and O–H groups in total. The average Bonchev–Trinajstić information content (AvgIpc) is 1.35. The summed E-state index contributed by atoms with van der Waals surface area (Å²) in [6.45, 7) is 3.04. The molecule has 34 valence electrons. The molecule has 0 saturated carbocycles. The molecule has 0 amide bonds. The van der Waals surface area contributed by atoms with Crippen molar-refractivity contribution in [3.8, 4) is 0 Å². The van der Waals surface area contributed by atoms with Crippen molar-refractivity contribution < 1.29 is 8.42 Å². The van der Waals surface area contributed by atoms with Gasteiger partial charge >= 0.3 is 0 Å². The lowest BCUT2D eigenvalue weighted by Gasteiger charge is -1.51. The van der Waals surface area contributed by atoms with Crippen molar-refractivity contribution in [1.29, 1.82) is 0 Å². The highest BCUT2D eigenvalue weighted by Gasteiger charge is 1.59. The number of hydrogen-bond donors (Lipinski definition) is 1. The maximum atomic E-state index is 9.48. The highest BCUT2D eigenvalue weighted by atomic mass is 32.2. The fourth-order valence-corrected chi connectivity index (χ4v) is 0.224. The van der Waals surface area contributed by atoms with E-state index in [1.807, 2.05) is 0 Å². The van der Waals surface area contributed by atoms with Gasteiger partial charge < -0.3 is 0 Å². The Kier molecular flexibility index (Phi) is 2.46. The molecule has 0 bridgehead atoms. The topological polar surface area (TPSA) is 34.1 Å². The summed E-state index contributed by atoms with van der Waals surface area (Å²) in [7, 11) is -2.40. The van der Waals surface area contributed by atoms with Gasteiger partial charge in [0.15, 0.2) is 10.7 Å². The Hall–Kier alpha value is -0.530. The van der Waals surface area contributed by atoms with Gasteiger partial charge in [-0.3, -0.25) is 0 Å². The minimum absolute atomic E-state index is 0.884. The quantitative estimate of drug-likeness (QED) is 0.372. The van der Waals surface area contributed by atoms with Gasteiger partial charge in [0, 0.05) is 0 Å². The smallest absolute Gasteiger partial charge is 0.168 e. The van der Waals surface area contributed by atoms with Gasteiger partial charge in [-0.15, -0.1) is 5.73 Å². The highest BCUT2D eigenvalue weighted by Crippen LogP contribution is 1.58. The monoisotopic (exact) mass is 104 g/mol. The zero-order valence-corrected chi connectivity index (χ0v) is 3.94. The van der Waals surface area contributed by atoms with Crippen LogP contribution in [0.15, 0.2) is 17.7 Å². The lowest BCUT2D eigenvalue weighted by molar-refractivity contribution is 0.622. The predicted octanol–water partition coefficient (Wildman–Crippen LogP) is -0.104. The first-order chi connectivity index (χ1) is 2.77. The van der Waals surface area contributed by atoms with Crippen molar-refractivity contribution >= 4 is 10.7 Å². The Morgan fingerprint density at radius 3 is 2.17 bits per heavy atom. The van der Waals surface area contributed by atoms with Gasteiger partial charge in [0.2, 0.25) is 0 Å². The Labute approximate surface area is 37.7 Å². The second kappa shape index (κ2) is 2.69. The zero-order chi connectivity index (χ0) is 4.99. The van der Waals surface area contributed by atoms with Gasteiger partial charge in [0.25, 0.3) is 0 Å². The molecule has 0 unspecified atom stereocenters. The van der Waals surface area contributed by atoms with E-state index in [0.29, 0.717) is 0 Å². The SMILES string of the molecule is C=C=C[SH](=O)=O. The number of hydrogen-bond acceptors (Lipinski definition) is 2. The van der Waals surface area contributed by atoms with Crippen LogP contribution in [0.1, 0.15) is 0 Å². The summed E-state index contributed by atoms with van der Waals surface area (Å²) in [5.74, 6) is 0. The lowest BCUT2D eigenvalue weighted by Crippen LogP contribution is -1.56. The molecule has 0 rings (SSSR count). The standard InChI is InChI=1S/C3H4O2S/c1-2-3-6(4)5/h3,6H,1H2. The molecule has 0 spiro atoms. The Balaban J connectivity index is 3.98. The third kappa shape index (κ3) is 3.47. The van der Waals surface area contributed by atoms with Crippen LogP contribution in [-0.2, 0) is 10.7 Å². The van der Waals surface area contributed by atoms with Crippen LogP contribution < -0.4 is 0 Å². The van der Waals surface area contributed by atoms with Gasteiger partial charge in [0.05, 0.1) is 5.41 Å². The van der Waals surface area contributed by atoms with E-state index in [1.165, 1.54) is 0 Å². The second-order valence-corrected chi connectivity index (χ2v) is 1.45. The first kappa shape index (κ1) is 5.47. The molecular formula is C3H4O2S. The number of rotatable bonds is 1. The fourth-order valence-electron chi connectivity index (χ4n) is 0.0745. The first-order valence-electron chi connectivity index (χ1n) is 1.27. The highest BCUT2D eigenvalue weighted by molar-refractivity contribution is 7.75. The first-order valence-corrected chi connectivity index (χ1v) is 2.51. The Morgan fingerprint density at radius 1 is 1.67 bits per heavy atom. The van der Waals surface area contributed by atoms with Crippen LogP contribution in [-0.4, -0.2) is 8.42 Å². The van der Waals surface area contributed by atoms with Crippen LogP contribution in [0.4, 0.5) is 0 Å². The fraction of sp³-hybridized carbons (Fsp3) is 0. The molecule has 0 aliphatic carbocycles. The van der Waals surface area contributed by atoms with E-state index in [-0.39, 0.29) is 0 Å². The van der Waals surface area contributed by atoms with Gasteiger partial charge in [-0.2, -0.15) is 0 Å². The largest absolute Gasteiger partial charge is 0.227 e. The molecule has 6 heavy (non-hydrogen) atoms. The molecule has 0 atom stereocenters. The summed E-state index contributed by atoms with van der Waals surface area (Å²) in [4.78, 5) is 0. The minimum atomic E-state index is -2.40. The lowest BCUT2D eigenvalue weighted by atomic mass is 11.0. The van der Waals surface area contributed by atoms with E-state index in [4.69, 9.17) is 0 Å². The van der Waals surface area contributed by atoms with Crippen molar-refractivity contribution in [3.05, 3.63) is 17.7 Å². The van der Waals surface area contributed by atoms with Crippen LogP contribution >= 0.6 is 0 Å². The maximum absolute atomic E-state index is 9.48. The third-order valence-corrected chi connectivity index (χ3v) is 0.590. The summed E-state index contributed by atoms with van der Waals surface area (Å²) in [6.07, 6.45) is 0. The number of thiol groups is 1. The normalized spacial score (nSPS) is 7.50. The van der Waals surface area contributed by atoms with E-state index < -0.39 is 10.7 Å². The van der Waals surface area contributed by atoms with Crippen molar-refractivity contribution in [1.82, 2.24) is 0 Å². The molecule has 0 aliphatic heterocycles. The summed E-state index contributed by atoms with van der Waals surface area (Å²) in [5.41, 5.74) is 2.10. The molecule has 0 heterocycles. The van der Waals surface area contributed by atoms with Gasteiger partial charge in [0.1, 0.15) is 0 Å². The molecule has 2 nitrogen and oxygen atoms in total. The van der Waals surface area contributed by atoms with E-state index in [0.717, 1.165) is 5.41 Å². The van der Waals surface area contributed by atoms with Crippen LogP contribution in [0, 0.1) is 0 Å². The molecule has 0 radical (unpaired) electrons. The third-order valence-electron chi connectivity index (χ3n) is 0.197. The molecule has 3 heteroatoms. The summed E-state index contributed by atoms with van der Waals surface area (Å²) >= 11 is 0. The van der Waals surface area contributed by atoms with Gasteiger partial charge in [-0.25, -0.2) is 8.42 Å². The van der Waals surface area contributed by atoms with E-state index in [2.05, 4.69) is 12.3 Å².